The third-order valence-electron chi connectivity index (χ3n) is 3.34. The molecule has 2 amide bonds. The van der Waals surface area contributed by atoms with Crippen LogP contribution in [0.2, 0.25) is 0 Å². The highest BCUT2D eigenvalue weighted by Crippen LogP contribution is 2.22. The maximum absolute atomic E-state index is 11.6. The minimum atomic E-state index is -0.976. The van der Waals surface area contributed by atoms with Crippen molar-refractivity contribution >= 4 is 23.8 Å². The standard InChI is InChI=1S/C12H22N2O3S/c1-3-8(2)10(11(15)16)14-12(17)13-6-9-4-5-18-7-9/h8-10H,3-7H2,1-2H3,(H,15,16)(H2,13,14,17). The zero-order valence-electron chi connectivity index (χ0n) is 10.9. The molecule has 3 unspecified atom stereocenters. The molecule has 6 heteroatoms. The Morgan fingerprint density at radius 2 is 2.22 bits per heavy atom. The van der Waals surface area contributed by atoms with E-state index in [1.165, 1.54) is 0 Å². The fourth-order valence-electron chi connectivity index (χ4n) is 1.86. The van der Waals surface area contributed by atoms with E-state index in [-0.39, 0.29) is 11.9 Å². The Balaban J connectivity index is 2.33. The minimum absolute atomic E-state index is 0.0738. The van der Waals surface area contributed by atoms with Gasteiger partial charge in [0, 0.05) is 6.54 Å². The lowest BCUT2D eigenvalue weighted by Gasteiger charge is -2.21. The number of aliphatic carboxylic acids is 1. The Kier molecular flexibility index (Phi) is 6.32. The second-order valence-corrected chi connectivity index (χ2v) is 5.94. The van der Waals surface area contributed by atoms with Gasteiger partial charge in [0.2, 0.25) is 0 Å². The summed E-state index contributed by atoms with van der Waals surface area (Å²) in [6.07, 6.45) is 1.84. The fourth-order valence-corrected chi connectivity index (χ4v) is 3.14. The van der Waals surface area contributed by atoms with Crippen molar-refractivity contribution in [3.63, 3.8) is 0 Å². The second-order valence-electron chi connectivity index (χ2n) is 4.79. The highest BCUT2D eigenvalue weighted by Gasteiger charge is 2.25. The van der Waals surface area contributed by atoms with Crippen LogP contribution in [-0.2, 0) is 4.79 Å². The largest absolute Gasteiger partial charge is 0.480 e. The van der Waals surface area contributed by atoms with Crippen LogP contribution >= 0.6 is 11.8 Å². The van der Waals surface area contributed by atoms with E-state index in [1.54, 1.807) is 0 Å². The topological polar surface area (TPSA) is 78.4 Å². The molecule has 5 nitrogen and oxygen atoms in total. The molecule has 0 aromatic carbocycles. The predicted octanol–water partition coefficient (Wildman–Crippen LogP) is 1.54. The number of amides is 2. The van der Waals surface area contributed by atoms with Gasteiger partial charge < -0.3 is 15.7 Å². The summed E-state index contributed by atoms with van der Waals surface area (Å²) in [5, 5.41) is 14.4. The molecular weight excluding hydrogens is 252 g/mol. The summed E-state index contributed by atoms with van der Waals surface area (Å²) in [4.78, 5) is 22.7. The molecular formula is C12H22N2O3S. The van der Waals surface area contributed by atoms with Crippen molar-refractivity contribution in [2.24, 2.45) is 11.8 Å². The molecule has 0 spiro atoms. The molecule has 0 saturated carbocycles. The Morgan fingerprint density at radius 1 is 1.50 bits per heavy atom. The first-order chi connectivity index (χ1) is 8.54. The van der Waals surface area contributed by atoms with Gasteiger partial charge in [-0.3, -0.25) is 0 Å². The summed E-state index contributed by atoms with van der Waals surface area (Å²) in [6, 6.07) is -1.19. The lowest BCUT2D eigenvalue weighted by atomic mass is 9.99. The summed E-state index contributed by atoms with van der Waals surface area (Å²) in [5.41, 5.74) is 0. The summed E-state index contributed by atoms with van der Waals surface area (Å²) in [6.45, 7) is 4.37. The van der Waals surface area contributed by atoms with Crippen molar-refractivity contribution in [3.05, 3.63) is 0 Å². The summed E-state index contributed by atoms with van der Waals surface area (Å²) < 4.78 is 0. The van der Waals surface area contributed by atoms with Gasteiger partial charge in [-0.05, 0) is 29.8 Å². The SMILES string of the molecule is CCC(C)C(NC(=O)NCC1CCSC1)C(=O)O. The van der Waals surface area contributed by atoms with E-state index in [9.17, 15) is 9.59 Å². The maximum Gasteiger partial charge on any atom is 0.326 e. The number of hydrogen-bond acceptors (Lipinski definition) is 3. The summed E-state index contributed by atoms with van der Waals surface area (Å²) in [7, 11) is 0. The molecule has 1 saturated heterocycles. The first-order valence-electron chi connectivity index (χ1n) is 6.39. The first-order valence-corrected chi connectivity index (χ1v) is 7.55. The lowest BCUT2D eigenvalue weighted by Crippen LogP contribution is -2.49. The monoisotopic (exact) mass is 274 g/mol. The molecule has 1 rings (SSSR count). The number of carbonyl (C=O) groups excluding carboxylic acids is 1. The van der Waals surface area contributed by atoms with Gasteiger partial charge in [-0.1, -0.05) is 20.3 Å². The molecule has 1 aliphatic rings. The van der Waals surface area contributed by atoms with Crippen molar-refractivity contribution in [2.45, 2.75) is 32.7 Å². The number of rotatable bonds is 6. The van der Waals surface area contributed by atoms with Crippen LogP contribution < -0.4 is 10.6 Å². The van der Waals surface area contributed by atoms with Gasteiger partial charge in [-0.15, -0.1) is 0 Å². The third kappa shape index (κ3) is 4.76. The smallest absolute Gasteiger partial charge is 0.326 e. The number of hydrogen-bond donors (Lipinski definition) is 3. The van der Waals surface area contributed by atoms with Crippen LogP contribution in [0.25, 0.3) is 0 Å². The zero-order valence-corrected chi connectivity index (χ0v) is 11.8. The van der Waals surface area contributed by atoms with Gasteiger partial charge in [0.15, 0.2) is 0 Å². The average molecular weight is 274 g/mol. The zero-order chi connectivity index (χ0) is 13.5. The quantitative estimate of drug-likeness (QED) is 0.686. The lowest BCUT2D eigenvalue weighted by molar-refractivity contribution is -0.140. The van der Waals surface area contributed by atoms with E-state index in [4.69, 9.17) is 5.11 Å². The van der Waals surface area contributed by atoms with Crippen molar-refractivity contribution in [2.75, 3.05) is 18.1 Å². The molecule has 0 bridgehead atoms. The molecule has 18 heavy (non-hydrogen) atoms. The molecule has 0 aliphatic carbocycles. The van der Waals surface area contributed by atoms with E-state index in [1.807, 2.05) is 25.6 Å². The molecule has 1 heterocycles. The van der Waals surface area contributed by atoms with Crippen LogP contribution in [0.3, 0.4) is 0 Å². The Labute approximate surface area is 112 Å². The fraction of sp³-hybridized carbons (Fsp3) is 0.833. The number of carboxylic acids is 1. The molecule has 0 aromatic rings. The van der Waals surface area contributed by atoms with E-state index >= 15 is 0 Å². The number of nitrogens with one attached hydrogen (secondary N) is 2. The Bertz CT molecular complexity index is 293. The first kappa shape index (κ1) is 15.1. The minimum Gasteiger partial charge on any atom is -0.480 e. The average Bonchev–Trinajstić information content (AvgIpc) is 2.85. The summed E-state index contributed by atoms with van der Waals surface area (Å²) >= 11 is 1.90. The van der Waals surface area contributed by atoms with Crippen molar-refractivity contribution < 1.29 is 14.7 Å². The van der Waals surface area contributed by atoms with Crippen molar-refractivity contribution in [1.82, 2.24) is 10.6 Å². The molecule has 104 valence electrons. The van der Waals surface area contributed by atoms with Crippen LogP contribution in [0.5, 0.6) is 0 Å². The molecule has 0 aromatic heterocycles. The molecule has 3 atom stereocenters. The normalized spacial score (nSPS) is 22.2. The van der Waals surface area contributed by atoms with Crippen LogP contribution in [0.15, 0.2) is 0 Å². The van der Waals surface area contributed by atoms with Gasteiger partial charge in [0.05, 0.1) is 0 Å². The van der Waals surface area contributed by atoms with Gasteiger partial charge in [0.25, 0.3) is 0 Å². The highest BCUT2D eigenvalue weighted by atomic mass is 32.2. The van der Waals surface area contributed by atoms with E-state index in [0.29, 0.717) is 12.5 Å². The highest BCUT2D eigenvalue weighted by molar-refractivity contribution is 7.99. The second kappa shape index (κ2) is 7.51. The van der Waals surface area contributed by atoms with Gasteiger partial charge >= 0.3 is 12.0 Å². The predicted molar refractivity (Wildman–Crippen MR) is 72.8 cm³/mol. The van der Waals surface area contributed by atoms with Crippen LogP contribution in [0.1, 0.15) is 26.7 Å². The number of thioether (sulfide) groups is 1. The summed E-state index contributed by atoms with van der Waals surface area (Å²) in [5.74, 6) is 1.70. The Morgan fingerprint density at radius 3 is 2.72 bits per heavy atom. The maximum atomic E-state index is 11.6. The molecule has 3 N–H and O–H groups in total. The van der Waals surface area contributed by atoms with Crippen molar-refractivity contribution in [1.29, 1.82) is 0 Å². The van der Waals surface area contributed by atoms with Gasteiger partial charge in [-0.25, -0.2) is 9.59 Å². The molecule has 0 radical (unpaired) electrons. The van der Waals surface area contributed by atoms with E-state index in [0.717, 1.165) is 24.3 Å². The molecule has 1 aliphatic heterocycles. The van der Waals surface area contributed by atoms with E-state index in [2.05, 4.69) is 10.6 Å². The number of carboxylic acid groups (broad SMARTS) is 1. The number of urea groups is 1. The van der Waals surface area contributed by atoms with E-state index < -0.39 is 12.0 Å². The van der Waals surface area contributed by atoms with Gasteiger partial charge in [-0.2, -0.15) is 11.8 Å². The van der Waals surface area contributed by atoms with Crippen molar-refractivity contribution in [3.8, 4) is 0 Å². The van der Waals surface area contributed by atoms with Crippen LogP contribution in [0, 0.1) is 11.8 Å². The molecule has 1 fully saturated rings. The Hall–Kier alpha value is -0.910. The van der Waals surface area contributed by atoms with Gasteiger partial charge in [0.1, 0.15) is 6.04 Å². The van der Waals surface area contributed by atoms with Crippen LogP contribution in [0.4, 0.5) is 4.79 Å². The number of carbonyl (C=O) groups is 2. The third-order valence-corrected chi connectivity index (χ3v) is 4.57. The van der Waals surface area contributed by atoms with Crippen LogP contribution in [-0.4, -0.2) is 41.2 Å².